The van der Waals surface area contributed by atoms with Crippen LogP contribution in [0.2, 0.25) is 0 Å². The van der Waals surface area contributed by atoms with Crippen LogP contribution >= 0.6 is 0 Å². The lowest BCUT2D eigenvalue weighted by molar-refractivity contribution is -0.146. The Morgan fingerprint density at radius 1 is 0.909 bits per heavy atom. The summed E-state index contributed by atoms with van der Waals surface area (Å²) < 4.78 is 5.59. The molecule has 0 saturated carbocycles. The van der Waals surface area contributed by atoms with Gasteiger partial charge >= 0.3 is 5.97 Å². The van der Waals surface area contributed by atoms with Crippen molar-refractivity contribution in [2.75, 3.05) is 51.2 Å². The van der Waals surface area contributed by atoms with Gasteiger partial charge in [-0.2, -0.15) is 0 Å². The quantitative estimate of drug-likeness (QED) is 0.554. The van der Waals surface area contributed by atoms with E-state index < -0.39 is 0 Å². The molecule has 0 aromatic heterocycles. The average Bonchev–Trinajstić information content (AvgIpc) is 2.82. The van der Waals surface area contributed by atoms with Crippen LogP contribution in [-0.2, 0) is 14.3 Å². The monoisotopic (exact) mass is 451 g/mol. The number of benzene rings is 2. The SMILES string of the molecule is CCC(C(=O)OCCN1CCN(CCC(=O)Nc2c(C)cccc2C)CC1)c1ccccc1. The van der Waals surface area contributed by atoms with Gasteiger partial charge in [0.1, 0.15) is 6.61 Å². The molecule has 0 radical (unpaired) electrons. The van der Waals surface area contributed by atoms with E-state index in [9.17, 15) is 9.59 Å². The second kappa shape index (κ2) is 12.5. The maximum Gasteiger partial charge on any atom is 0.313 e. The van der Waals surface area contributed by atoms with Crippen LogP contribution in [0.1, 0.15) is 42.4 Å². The van der Waals surface area contributed by atoms with Gasteiger partial charge in [-0.15, -0.1) is 0 Å². The fourth-order valence-corrected chi connectivity index (χ4v) is 4.31. The van der Waals surface area contributed by atoms with Crippen LogP contribution < -0.4 is 5.32 Å². The molecule has 0 aliphatic carbocycles. The minimum atomic E-state index is -0.197. The molecule has 1 aliphatic rings. The van der Waals surface area contributed by atoms with Crippen LogP contribution in [-0.4, -0.2) is 67.6 Å². The standard InChI is InChI=1S/C27H37N3O3/c1-4-24(23-11-6-5-7-12-23)27(32)33-20-19-30-17-15-29(16-18-30)14-13-25(31)28-26-21(2)9-8-10-22(26)3/h5-12,24H,4,13-20H2,1-3H3,(H,28,31). The van der Waals surface area contributed by atoms with E-state index in [0.717, 1.165) is 68.1 Å². The summed E-state index contributed by atoms with van der Waals surface area (Å²) in [7, 11) is 0. The number of carbonyl (C=O) groups is 2. The Kier molecular flexibility index (Phi) is 9.46. The Balaban J connectivity index is 1.33. The van der Waals surface area contributed by atoms with Gasteiger partial charge in [-0.3, -0.25) is 14.5 Å². The van der Waals surface area contributed by atoms with E-state index in [1.807, 2.05) is 69.3 Å². The van der Waals surface area contributed by atoms with E-state index in [2.05, 4.69) is 15.1 Å². The molecule has 6 nitrogen and oxygen atoms in total. The van der Waals surface area contributed by atoms with Crippen LogP contribution in [0.25, 0.3) is 0 Å². The number of rotatable bonds is 10. The maximum absolute atomic E-state index is 12.5. The molecule has 1 amide bonds. The molecule has 1 atom stereocenters. The zero-order valence-corrected chi connectivity index (χ0v) is 20.2. The van der Waals surface area contributed by atoms with Crippen molar-refractivity contribution >= 4 is 17.6 Å². The third-order valence-corrected chi connectivity index (χ3v) is 6.41. The summed E-state index contributed by atoms with van der Waals surface area (Å²) in [6.45, 7) is 11.7. The van der Waals surface area contributed by atoms with Gasteiger partial charge in [0.05, 0.1) is 5.92 Å². The van der Waals surface area contributed by atoms with Crippen molar-refractivity contribution in [3.05, 3.63) is 65.2 Å². The van der Waals surface area contributed by atoms with Crippen molar-refractivity contribution in [2.45, 2.75) is 39.5 Å². The zero-order chi connectivity index (χ0) is 23.6. The van der Waals surface area contributed by atoms with E-state index in [4.69, 9.17) is 4.74 Å². The molecule has 1 fully saturated rings. The normalized spacial score (nSPS) is 15.7. The lowest BCUT2D eigenvalue weighted by Crippen LogP contribution is -2.48. The first-order valence-electron chi connectivity index (χ1n) is 12.0. The number of nitrogens with one attached hydrogen (secondary N) is 1. The lowest BCUT2D eigenvalue weighted by Gasteiger charge is -2.34. The molecule has 1 aliphatic heterocycles. The van der Waals surface area contributed by atoms with Crippen LogP contribution in [0.4, 0.5) is 5.69 Å². The molecule has 2 aromatic carbocycles. The predicted molar refractivity (Wildman–Crippen MR) is 132 cm³/mol. The molecule has 3 rings (SSSR count). The molecule has 1 unspecified atom stereocenters. The van der Waals surface area contributed by atoms with E-state index in [1.165, 1.54) is 0 Å². The molecular weight excluding hydrogens is 414 g/mol. The number of para-hydroxylation sites is 1. The maximum atomic E-state index is 12.5. The van der Waals surface area contributed by atoms with E-state index in [0.29, 0.717) is 13.0 Å². The molecule has 2 aromatic rings. The first kappa shape index (κ1) is 24.9. The van der Waals surface area contributed by atoms with E-state index in [1.54, 1.807) is 0 Å². The molecule has 0 bridgehead atoms. The average molecular weight is 452 g/mol. The Morgan fingerprint density at radius 2 is 1.52 bits per heavy atom. The van der Waals surface area contributed by atoms with Gasteiger partial charge < -0.3 is 15.0 Å². The highest BCUT2D eigenvalue weighted by molar-refractivity contribution is 5.92. The van der Waals surface area contributed by atoms with E-state index >= 15 is 0 Å². The summed E-state index contributed by atoms with van der Waals surface area (Å²) in [4.78, 5) is 29.6. The van der Waals surface area contributed by atoms with Gasteiger partial charge in [-0.25, -0.2) is 0 Å². The molecule has 1 heterocycles. The lowest BCUT2D eigenvalue weighted by atomic mass is 9.97. The summed E-state index contributed by atoms with van der Waals surface area (Å²) in [6.07, 6.45) is 1.22. The van der Waals surface area contributed by atoms with Gasteiger partial charge in [-0.05, 0) is 37.0 Å². The first-order chi connectivity index (χ1) is 16.0. The molecule has 6 heteroatoms. The topological polar surface area (TPSA) is 61.9 Å². The van der Waals surface area contributed by atoms with Crippen molar-refractivity contribution in [3.63, 3.8) is 0 Å². The smallest absolute Gasteiger partial charge is 0.313 e. The minimum Gasteiger partial charge on any atom is -0.464 e. The largest absolute Gasteiger partial charge is 0.464 e. The Labute approximate surface area is 197 Å². The Bertz CT molecular complexity index is 888. The molecule has 178 valence electrons. The summed E-state index contributed by atoms with van der Waals surface area (Å²) >= 11 is 0. The second-order valence-corrected chi connectivity index (χ2v) is 8.79. The van der Waals surface area contributed by atoms with Crippen molar-refractivity contribution in [1.82, 2.24) is 9.80 Å². The van der Waals surface area contributed by atoms with Crippen molar-refractivity contribution in [1.29, 1.82) is 0 Å². The van der Waals surface area contributed by atoms with Crippen LogP contribution in [0.5, 0.6) is 0 Å². The third kappa shape index (κ3) is 7.41. The first-order valence-corrected chi connectivity index (χ1v) is 12.0. The second-order valence-electron chi connectivity index (χ2n) is 8.79. The highest BCUT2D eigenvalue weighted by Gasteiger charge is 2.21. The van der Waals surface area contributed by atoms with Gasteiger partial charge in [-0.1, -0.05) is 55.5 Å². The highest BCUT2D eigenvalue weighted by atomic mass is 16.5. The van der Waals surface area contributed by atoms with Gasteiger partial charge in [0, 0.05) is 51.4 Å². The third-order valence-electron chi connectivity index (χ3n) is 6.41. The number of aryl methyl sites for hydroxylation is 2. The fraction of sp³-hybridized carbons (Fsp3) is 0.481. The number of amides is 1. The minimum absolute atomic E-state index is 0.0608. The molecule has 1 N–H and O–H groups in total. The van der Waals surface area contributed by atoms with Gasteiger partial charge in [0.15, 0.2) is 0 Å². The predicted octanol–water partition coefficient (Wildman–Crippen LogP) is 3.99. The van der Waals surface area contributed by atoms with Gasteiger partial charge in [0.2, 0.25) is 5.91 Å². The van der Waals surface area contributed by atoms with E-state index in [-0.39, 0.29) is 17.8 Å². The zero-order valence-electron chi connectivity index (χ0n) is 20.2. The fourth-order valence-electron chi connectivity index (χ4n) is 4.31. The van der Waals surface area contributed by atoms with Crippen LogP contribution in [0.15, 0.2) is 48.5 Å². The van der Waals surface area contributed by atoms with Crippen LogP contribution in [0, 0.1) is 13.8 Å². The number of nitrogens with zero attached hydrogens (tertiary/aromatic N) is 2. The summed E-state index contributed by atoms with van der Waals surface area (Å²) in [5.41, 5.74) is 4.12. The number of anilines is 1. The molecule has 33 heavy (non-hydrogen) atoms. The Hall–Kier alpha value is -2.70. The molecule has 1 saturated heterocycles. The molecular formula is C27H37N3O3. The van der Waals surface area contributed by atoms with Crippen LogP contribution in [0.3, 0.4) is 0 Å². The summed E-state index contributed by atoms with van der Waals surface area (Å²) in [6, 6.07) is 15.9. The van der Waals surface area contributed by atoms with Gasteiger partial charge in [0.25, 0.3) is 0 Å². The Morgan fingerprint density at radius 3 is 2.12 bits per heavy atom. The highest BCUT2D eigenvalue weighted by Crippen LogP contribution is 2.21. The number of ether oxygens (including phenoxy) is 1. The molecule has 0 spiro atoms. The number of hydrogen-bond acceptors (Lipinski definition) is 5. The summed E-state index contributed by atoms with van der Waals surface area (Å²) in [5.74, 6) is -0.277. The van der Waals surface area contributed by atoms with Crippen molar-refractivity contribution < 1.29 is 14.3 Å². The number of carbonyl (C=O) groups excluding carboxylic acids is 2. The van der Waals surface area contributed by atoms with Crippen molar-refractivity contribution in [2.24, 2.45) is 0 Å². The summed E-state index contributed by atoms with van der Waals surface area (Å²) in [5, 5.41) is 3.07. The number of hydrogen-bond donors (Lipinski definition) is 1. The van der Waals surface area contributed by atoms with Crippen molar-refractivity contribution in [3.8, 4) is 0 Å². The number of piperazine rings is 1. The number of esters is 1.